The molecule has 7 heteroatoms. The number of nitrogens with two attached hydrogens (primary N) is 1. The van der Waals surface area contributed by atoms with Crippen LogP contribution in [0.1, 0.15) is 10.4 Å². The van der Waals surface area contributed by atoms with Crippen molar-refractivity contribution in [3.63, 3.8) is 0 Å². The van der Waals surface area contributed by atoms with Crippen molar-refractivity contribution >= 4 is 50.6 Å². The first-order chi connectivity index (χ1) is 8.97. The Morgan fingerprint density at radius 1 is 1.53 bits per heavy atom. The molecule has 1 saturated heterocycles. The molecule has 4 nitrogen and oxygen atoms in total. The predicted octanol–water partition coefficient (Wildman–Crippen LogP) is 2.23. The van der Waals surface area contributed by atoms with Crippen molar-refractivity contribution in [1.82, 2.24) is 4.90 Å². The summed E-state index contributed by atoms with van der Waals surface area (Å²) in [7, 11) is 0. The van der Waals surface area contributed by atoms with Gasteiger partial charge in [0.05, 0.1) is 13.2 Å². The first-order valence-corrected chi connectivity index (χ1v) is 7.21. The van der Waals surface area contributed by atoms with Gasteiger partial charge in [0.1, 0.15) is 11.1 Å². The van der Waals surface area contributed by atoms with Crippen LogP contribution < -0.4 is 5.73 Å². The summed E-state index contributed by atoms with van der Waals surface area (Å²) in [6.45, 7) is 1.32. The monoisotopic (exact) mass is 362 g/mol. The number of morpholine rings is 1. The molecule has 0 spiro atoms. The van der Waals surface area contributed by atoms with Gasteiger partial charge in [0.25, 0.3) is 5.91 Å². The Balaban J connectivity index is 2.16. The maximum absolute atomic E-state index is 12.4. The van der Waals surface area contributed by atoms with E-state index in [0.717, 1.165) is 4.47 Å². The number of thiocarbonyl (C=S) groups is 1. The van der Waals surface area contributed by atoms with E-state index in [1.807, 2.05) is 0 Å². The third kappa shape index (κ3) is 3.66. The SMILES string of the molecule is NC(=S)C1CN(C(=O)c2cc(Cl)cc(Br)c2)CCO1. The first-order valence-electron chi connectivity index (χ1n) is 5.63. The predicted molar refractivity (Wildman–Crippen MR) is 81.6 cm³/mol. The minimum atomic E-state index is -0.379. The molecule has 1 aliphatic rings. The highest BCUT2D eigenvalue weighted by Crippen LogP contribution is 2.21. The number of hydrogen-bond acceptors (Lipinski definition) is 3. The van der Waals surface area contributed by atoms with Crippen LogP contribution >= 0.6 is 39.7 Å². The van der Waals surface area contributed by atoms with E-state index in [0.29, 0.717) is 30.3 Å². The number of rotatable bonds is 2. The van der Waals surface area contributed by atoms with Crippen LogP contribution in [-0.2, 0) is 4.74 Å². The van der Waals surface area contributed by atoms with Crippen LogP contribution in [0.2, 0.25) is 5.02 Å². The third-order valence-electron chi connectivity index (χ3n) is 2.78. The van der Waals surface area contributed by atoms with Gasteiger partial charge < -0.3 is 15.4 Å². The second-order valence-corrected chi connectivity index (χ2v) is 5.99. The van der Waals surface area contributed by atoms with Crippen molar-refractivity contribution in [2.75, 3.05) is 19.7 Å². The Labute approximate surface area is 130 Å². The van der Waals surface area contributed by atoms with Gasteiger partial charge in [-0.1, -0.05) is 39.7 Å². The molecule has 102 valence electrons. The smallest absolute Gasteiger partial charge is 0.254 e. The van der Waals surface area contributed by atoms with Gasteiger partial charge in [0, 0.05) is 21.6 Å². The quantitative estimate of drug-likeness (QED) is 0.819. The van der Waals surface area contributed by atoms with Crippen molar-refractivity contribution < 1.29 is 9.53 Å². The van der Waals surface area contributed by atoms with Crippen LogP contribution in [0, 0.1) is 0 Å². The lowest BCUT2D eigenvalue weighted by atomic mass is 10.1. The summed E-state index contributed by atoms with van der Waals surface area (Å²) < 4.78 is 6.17. The molecular weight excluding hydrogens is 352 g/mol. The molecule has 1 heterocycles. The minimum Gasteiger partial charge on any atom is -0.391 e. The number of benzene rings is 1. The summed E-state index contributed by atoms with van der Waals surface area (Å²) >= 11 is 14.2. The molecule has 1 aromatic rings. The fourth-order valence-electron chi connectivity index (χ4n) is 1.87. The van der Waals surface area contributed by atoms with E-state index in [1.165, 1.54) is 0 Å². The van der Waals surface area contributed by atoms with Crippen molar-refractivity contribution in [2.24, 2.45) is 5.73 Å². The molecule has 1 amide bonds. The number of ether oxygens (including phenoxy) is 1. The topological polar surface area (TPSA) is 55.6 Å². The van der Waals surface area contributed by atoms with Crippen LogP contribution in [-0.4, -0.2) is 41.6 Å². The molecule has 2 N–H and O–H groups in total. The van der Waals surface area contributed by atoms with Gasteiger partial charge in [-0.25, -0.2) is 0 Å². The number of carbonyl (C=O) groups excluding carboxylic acids is 1. The Hall–Kier alpha value is -0.690. The molecule has 0 saturated carbocycles. The summed E-state index contributed by atoms with van der Waals surface area (Å²) in [5, 5.41) is 0.511. The largest absolute Gasteiger partial charge is 0.391 e. The number of hydrogen-bond donors (Lipinski definition) is 1. The second-order valence-electron chi connectivity index (χ2n) is 4.17. The van der Waals surface area contributed by atoms with E-state index < -0.39 is 0 Å². The number of amides is 1. The molecule has 1 unspecified atom stereocenters. The van der Waals surface area contributed by atoms with Crippen LogP contribution in [0.5, 0.6) is 0 Å². The van der Waals surface area contributed by atoms with Gasteiger partial charge in [-0.2, -0.15) is 0 Å². The highest BCUT2D eigenvalue weighted by molar-refractivity contribution is 9.10. The normalized spacial score (nSPS) is 19.3. The zero-order chi connectivity index (χ0) is 14.0. The summed E-state index contributed by atoms with van der Waals surface area (Å²) in [6, 6.07) is 5.11. The summed E-state index contributed by atoms with van der Waals surface area (Å²) in [5.41, 5.74) is 6.09. The summed E-state index contributed by atoms with van der Waals surface area (Å²) in [6.07, 6.45) is -0.379. The Morgan fingerprint density at radius 3 is 2.89 bits per heavy atom. The number of nitrogens with zero attached hydrogens (tertiary/aromatic N) is 1. The standard InChI is InChI=1S/C12H12BrClN2O2S/c13-8-3-7(4-9(14)5-8)12(17)16-1-2-18-10(6-16)11(15)19/h3-5,10H,1-2,6H2,(H2,15,19). The molecule has 1 fully saturated rings. The average molecular weight is 364 g/mol. The Morgan fingerprint density at radius 2 is 2.26 bits per heavy atom. The second kappa shape index (κ2) is 6.17. The highest BCUT2D eigenvalue weighted by Gasteiger charge is 2.26. The zero-order valence-corrected chi connectivity index (χ0v) is 13.1. The zero-order valence-electron chi connectivity index (χ0n) is 9.94. The van der Waals surface area contributed by atoms with Gasteiger partial charge >= 0.3 is 0 Å². The molecule has 1 aromatic carbocycles. The van der Waals surface area contributed by atoms with E-state index >= 15 is 0 Å². The molecule has 2 rings (SSSR count). The lowest BCUT2D eigenvalue weighted by Crippen LogP contribution is -2.49. The molecule has 0 aliphatic carbocycles. The van der Waals surface area contributed by atoms with Crippen molar-refractivity contribution in [2.45, 2.75) is 6.10 Å². The molecule has 0 bridgehead atoms. The first kappa shape index (κ1) is 14.7. The van der Waals surface area contributed by atoms with Gasteiger partial charge in [0.2, 0.25) is 0 Å². The van der Waals surface area contributed by atoms with Crippen molar-refractivity contribution in [3.8, 4) is 0 Å². The number of halogens is 2. The third-order valence-corrected chi connectivity index (χ3v) is 3.72. The van der Waals surface area contributed by atoms with E-state index in [2.05, 4.69) is 15.9 Å². The molecule has 1 aliphatic heterocycles. The average Bonchev–Trinajstić information content (AvgIpc) is 2.37. The maximum atomic E-state index is 12.4. The minimum absolute atomic E-state index is 0.104. The Kier molecular flexibility index (Phi) is 4.78. The van der Waals surface area contributed by atoms with Gasteiger partial charge in [0.15, 0.2) is 0 Å². The van der Waals surface area contributed by atoms with Crippen LogP contribution in [0.4, 0.5) is 0 Å². The fraction of sp³-hybridized carbons (Fsp3) is 0.333. The lowest BCUT2D eigenvalue weighted by Gasteiger charge is -2.32. The van der Waals surface area contributed by atoms with E-state index in [4.69, 9.17) is 34.3 Å². The number of carbonyl (C=O) groups is 1. The van der Waals surface area contributed by atoms with E-state index in [-0.39, 0.29) is 17.0 Å². The molecule has 0 radical (unpaired) electrons. The highest BCUT2D eigenvalue weighted by atomic mass is 79.9. The van der Waals surface area contributed by atoms with Gasteiger partial charge in [-0.05, 0) is 18.2 Å². The molecule has 0 aromatic heterocycles. The van der Waals surface area contributed by atoms with Crippen molar-refractivity contribution in [1.29, 1.82) is 0 Å². The van der Waals surface area contributed by atoms with E-state index in [9.17, 15) is 4.79 Å². The van der Waals surface area contributed by atoms with Crippen LogP contribution in [0.25, 0.3) is 0 Å². The molecule has 19 heavy (non-hydrogen) atoms. The van der Waals surface area contributed by atoms with Gasteiger partial charge in [-0.15, -0.1) is 0 Å². The summed E-state index contributed by atoms with van der Waals surface area (Å²) in [5.74, 6) is -0.104. The van der Waals surface area contributed by atoms with Gasteiger partial charge in [-0.3, -0.25) is 4.79 Å². The van der Waals surface area contributed by atoms with Crippen LogP contribution in [0.15, 0.2) is 22.7 Å². The van der Waals surface area contributed by atoms with Crippen LogP contribution in [0.3, 0.4) is 0 Å². The van der Waals surface area contributed by atoms with E-state index in [1.54, 1.807) is 23.1 Å². The summed E-state index contributed by atoms with van der Waals surface area (Å²) in [4.78, 5) is 14.3. The Bertz CT molecular complexity index is 506. The fourth-order valence-corrected chi connectivity index (χ4v) is 2.87. The molecular formula is C12H12BrClN2O2S. The maximum Gasteiger partial charge on any atom is 0.254 e. The molecule has 1 atom stereocenters. The lowest BCUT2D eigenvalue weighted by molar-refractivity contribution is 0.00878. The van der Waals surface area contributed by atoms with Crippen molar-refractivity contribution in [3.05, 3.63) is 33.3 Å².